The number of aromatic nitrogens is 2. The summed E-state index contributed by atoms with van der Waals surface area (Å²) in [5.74, 6) is 0.929. The van der Waals surface area contributed by atoms with Crippen molar-refractivity contribution in [2.75, 3.05) is 14.2 Å². The lowest BCUT2D eigenvalue weighted by Crippen LogP contribution is -2.23. The average molecular weight is 405 g/mol. The molecule has 0 saturated carbocycles. The number of ether oxygens (including phenoxy) is 2. The molecule has 0 aliphatic rings. The lowest BCUT2D eigenvalue weighted by Gasteiger charge is -2.13. The molecule has 156 valence electrons. The Kier molecular flexibility index (Phi) is 6.57. The third-order valence-corrected chi connectivity index (χ3v) is 4.98. The van der Waals surface area contributed by atoms with Crippen molar-refractivity contribution in [3.8, 4) is 17.2 Å². The number of para-hydroxylation sites is 1. The van der Waals surface area contributed by atoms with Crippen LogP contribution in [-0.2, 0) is 6.54 Å². The number of hydrogen-bond donors (Lipinski definition) is 1. The summed E-state index contributed by atoms with van der Waals surface area (Å²) in [5, 5.41) is 7.65. The summed E-state index contributed by atoms with van der Waals surface area (Å²) in [7, 11) is 3.14. The number of rotatable bonds is 7. The van der Waals surface area contributed by atoms with Gasteiger partial charge in [0, 0.05) is 28.9 Å². The molecule has 1 aromatic heterocycles. The molecule has 1 N–H and O–H groups in total. The first-order valence-electron chi connectivity index (χ1n) is 9.77. The molecule has 1 heterocycles. The predicted octanol–water partition coefficient (Wildman–Crippen LogP) is 4.47. The fourth-order valence-corrected chi connectivity index (χ4v) is 3.45. The van der Waals surface area contributed by atoms with Crippen molar-refractivity contribution in [2.24, 2.45) is 0 Å². The number of aryl methyl sites for hydroxylation is 1. The predicted molar refractivity (Wildman–Crippen MR) is 118 cm³/mol. The van der Waals surface area contributed by atoms with Crippen molar-refractivity contribution in [1.82, 2.24) is 15.1 Å². The third kappa shape index (κ3) is 4.22. The van der Waals surface area contributed by atoms with E-state index in [1.165, 1.54) is 0 Å². The van der Waals surface area contributed by atoms with Gasteiger partial charge in [-0.05, 0) is 45.0 Å². The minimum atomic E-state index is -0.187. The van der Waals surface area contributed by atoms with E-state index in [0.717, 1.165) is 28.2 Å². The van der Waals surface area contributed by atoms with Crippen LogP contribution < -0.4 is 14.8 Å². The van der Waals surface area contributed by atoms with Gasteiger partial charge in [-0.1, -0.05) is 30.4 Å². The number of carbonyl (C=O) groups is 1. The van der Waals surface area contributed by atoms with Gasteiger partial charge in [0.2, 0.25) is 0 Å². The molecular weight excluding hydrogens is 378 g/mol. The van der Waals surface area contributed by atoms with Crippen molar-refractivity contribution in [1.29, 1.82) is 0 Å². The molecule has 6 nitrogen and oxygen atoms in total. The maximum atomic E-state index is 12.9. The highest BCUT2D eigenvalue weighted by atomic mass is 16.5. The van der Waals surface area contributed by atoms with E-state index < -0.39 is 0 Å². The maximum absolute atomic E-state index is 12.9. The SMILES string of the molecule is C/C=C/c1cc(C(=O)NCc2c(C)nn(-c3ccccc3)c2C)cc(OC)c1OC. The van der Waals surface area contributed by atoms with Gasteiger partial charge >= 0.3 is 0 Å². The molecule has 0 atom stereocenters. The monoisotopic (exact) mass is 405 g/mol. The molecule has 0 unspecified atom stereocenters. The van der Waals surface area contributed by atoms with Crippen LogP contribution in [0.5, 0.6) is 11.5 Å². The van der Waals surface area contributed by atoms with E-state index in [2.05, 4.69) is 10.4 Å². The minimum absolute atomic E-state index is 0.187. The molecule has 0 radical (unpaired) electrons. The van der Waals surface area contributed by atoms with Crippen LogP contribution >= 0.6 is 0 Å². The second-order valence-corrected chi connectivity index (χ2v) is 6.88. The highest BCUT2D eigenvalue weighted by Gasteiger charge is 2.17. The van der Waals surface area contributed by atoms with E-state index in [1.54, 1.807) is 26.4 Å². The molecule has 2 aromatic carbocycles. The summed E-state index contributed by atoms with van der Waals surface area (Å²) >= 11 is 0. The largest absolute Gasteiger partial charge is 0.493 e. The van der Waals surface area contributed by atoms with Crippen LogP contribution in [0, 0.1) is 13.8 Å². The first-order valence-corrected chi connectivity index (χ1v) is 9.77. The minimum Gasteiger partial charge on any atom is -0.493 e. The maximum Gasteiger partial charge on any atom is 0.251 e. The van der Waals surface area contributed by atoms with E-state index in [9.17, 15) is 4.79 Å². The molecule has 0 saturated heterocycles. The van der Waals surface area contributed by atoms with E-state index in [4.69, 9.17) is 9.47 Å². The Morgan fingerprint density at radius 1 is 1.13 bits per heavy atom. The number of carbonyl (C=O) groups excluding carboxylic acids is 1. The lowest BCUT2D eigenvalue weighted by molar-refractivity contribution is 0.0950. The molecule has 0 aliphatic heterocycles. The lowest BCUT2D eigenvalue weighted by atomic mass is 10.1. The number of nitrogens with zero attached hydrogens (tertiary/aromatic N) is 2. The van der Waals surface area contributed by atoms with Crippen LogP contribution in [0.1, 0.15) is 39.8 Å². The van der Waals surface area contributed by atoms with Crippen molar-refractivity contribution in [2.45, 2.75) is 27.3 Å². The van der Waals surface area contributed by atoms with Crippen molar-refractivity contribution in [3.05, 3.63) is 76.6 Å². The number of methoxy groups -OCH3 is 2. The highest BCUT2D eigenvalue weighted by Crippen LogP contribution is 2.33. The molecule has 0 fully saturated rings. The van der Waals surface area contributed by atoms with Crippen LogP contribution in [0.3, 0.4) is 0 Å². The number of hydrogen-bond acceptors (Lipinski definition) is 4. The summed E-state index contributed by atoms with van der Waals surface area (Å²) in [4.78, 5) is 12.9. The average Bonchev–Trinajstić information content (AvgIpc) is 3.05. The van der Waals surface area contributed by atoms with Gasteiger partial charge in [-0.15, -0.1) is 0 Å². The van der Waals surface area contributed by atoms with Gasteiger partial charge in [-0.25, -0.2) is 4.68 Å². The number of allylic oxidation sites excluding steroid dienone is 1. The van der Waals surface area contributed by atoms with E-state index >= 15 is 0 Å². The summed E-state index contributed by atoms with van der Waals surface area (Å²) in [6, 6.07) is 13.4. The van der Waals surface area contributed by atoms with E-state index in [1.807, 2.05) is 67.9 Å². The Hall–Kier alpha value is -3.54. The van der Waals surface area contributed by atoms with Gasteiger partial charge < -0.3 is 14.8 Å². The molecule has 30 heavy (non-hydrogen) atoms. The Balaban J connectivity index is 1.84. The second kappa shape index (κ2) is 9.31. The normalized spacial score (nSPS) is 11.0. The molecule has 6 heteroatoms. The Bertz CT molecular complexity index is 1070. The Morgan fingerprint density at radius 2 is 1.87 bits per heavy atom. The summed E-state index contributed by atoms with van der Waals surface area (Å²) in [5.41, 5.74) is 5.17. The molecular formula is C24H27N3O3. The molecule has 0 bridgehead atoms. The van der Waals surface area contributed by atoms with Crippen molar-refractivity contribution >= 4 is 12.0 Å². The Morgan fingerprint density at radius 3 is 2.50 bits per heavy atom. The number of benzene rings is 2. The van der Waals surface area contributed by atoms with Crippen LogP contribution in [0.2, 0.25) is 0 Å². The van der Waals surface area contributed by atoms with Gasteiger partial charge in [-0.3, -0.25) is 4.79 Å². The van der Waals surface area contributed by atoms with Gasteiger partial charge in [0.05, 0.1) is 25.6 Å². The standard InChI is InChI=1S/C24H27N3O3/c1-6-10-18-13-19(14-22(29-4)23(18)30-5)24(28)25-15-21-16(2)26-27(17(21)3)20-11-8-7-9-12-20/h6-14H,15H2,1-5H3,(H,25,28)/b10-6+. The van der Waals surface area contributed by atoms with Crippen molar-refractivity contribution in [3.63, 3.8) is 0 Å². The summed E-state index contributed by atoms with van der Waals surface area (Å²) in [6.07, 6.45) is 3.78. The zero-order valence-corrected chi connectivity index (χ0v) is 18.0. The van der Waals surface area contributed by atoms with Crippen LogP contribution in [-0.4, -0.2) is 29.9 Å². The first-order chi connectivity index (χ1) is 14.5. The molecule has 0 spiro atoms. The smallest absolute Gasteiger partial charge is 0.251 e. The zero-order valence-electron chi connectivity index (χ0n) is 18.0. The van der Waals surface area contributed by atoms with E-state index in [0.29, 0.717) is 23.6 Å². The first kappa shape index (κ1) is 21.2. The number of amides is 1. The second-order valence-electron chi connectivity index (χ2n) is 6.88. The molecule has 3 aromatic rings. The summed E-state index contributed by atoms with van der Waals surface area (Å²) in [6.45, 7) is 6.26. The van der Waals surface area contributed by atoms with Gasteiger partial charge in [0.15, 0.2) is 11.5 Å². The molecule has 3 rings (SSSR count). The quantitative estimate of drug-likeness (QED) is 0.630. The fourth-order valence-electron chi connectivity index (χ4n) is 3.45. The zero-order chi connectivity index (χ0) is 21.7. The Labute approximate surface area is 177 Å². The fraction of sp³-hybridized carbons (Fsp3) is 0.250. The topological polar surface area (TPSA) is 65.4 Å². The van der Waals surface area contributed by atoms with Gasteiger partial charge in [0.25, 0.3) is 5.91 Å². The third-order valence-electron chi connectivity index (χ3n) is 4.98. The van der Waals surface area contributed by atoms with Crippen LogP contribution in [0.4, 0.5) is 0 Å². The van der Waals surface area contributed by atoms with Gasteiger partial charge in [0.1, 0.15) is 0 Å². The highest BCUT2D eigenvalue weighted by molar-refractivity contribution is 5.96. The molecule has 1 amide bonds. The van der Waals surface area contributed by atoms with E-state index in [-0.39, 0.29) is 5.91 Å². The van der Waals surface area contributed by atoms with Crippen LogP contribution in [0.25, 0.3) is 11.8 Å². The van der Waals surface area contributed by atoms with Crippen molar-refractivity contribution < 1.29 is 14.3 Å². The van der Waals surface area contributed by atoms with Gasteiger partial charge in [-0.2, -0.15) is 5.10 Å². The summed E-state index contributed by atoms with van der Waals surface area (Å²) < 4.78 is 12.8. The van der Waals surface area contributed by atoms with Crippen LogP contribution in [0.15, 0.2) is 48.5 Å². The number of nitrogens with one attached hydrogen (secondary N) is 1. The molecule has 0 aliphatic carbocycles.